The van der Waals surface area contributed by atoms with Crippen molar-refractivity contribution in [1.29, 1.82) is 0 Å². The second-order valence-corrected chi connectivity index (χ2v) is 9.15. The van der Waals surface area contributed by atoms with E-state index in [-0.39, 0.29) is 5.92 Å². The van der Waals surface area contributed by atoms with Crippen LogP contribution in [0.3, 0.4) is 0 Å². The Morgan fingerprint density at radius 2 is 1.64 bits per heavy atom. The van der Waals surface area contributed by atoms with Gasteiger partial charge >= 0.3 is 0 Å². The van der Waals surface area contributed by atoms with Crippen molar-refractivity contribution in [2.45, 2.75) is 19.4 Å². The highest BCUT2D eigenvalue weighted by atomic mass is 35.5. The fourth-order valence-corrected chi connectivity index (χ4v) is 4.77. The number of benzene rings is 2. The number of amides is 1. The van der Waals surface area contributed by atoms with E-state index >= 15 is 0 Å². The van der Waals surface area contributed by atoms with Gasteiger partial charge in [-0.1, -0.05) is 35.0 Å². The molecule has 172 valence electrons. The Morgan fingerprint density at radius 3 is 2.33 bits per heavy atom. The number of piperidine rings is 1. The van der Waals surface area contributed by atoms with E-state index in [1.165, 1.54) is 5.69 Å². The number of para-hydroxylation sites is 1. The summed E-state index contributed by atoms with van der Waals surface area (Å²) in [6.07, 6.45) is 1.74. The number of nitrogens with zero attached hydrogens (tertiary/aromatic N) is 5. The van der Waals surface area contributed by atoms with Crippen LogP contribution in [0, 0.1) is 5.92 Å². The van der Waals surface area contributed by atoms with E-state index in [0.717, 1.165) is 57.7 Å². The molecule has 0 radical (unpaired) electrons. The first-order valence-corrected chi connectivity index (χ1v) is 11.9. The molecule has 3 heterocycles. The second kappa shape index (κ2) is 9.93. The number of anilines is 1. The van der Waals surface area contributed by atoms with Crippen molar-refractivity contribution in [2.75, 3.05) is 44.2 Å². The highest BCUT2D eigenvalue weighted by Crippen LogP contribution is 2.24. The molecule has 0 atom stereocenters. The number of likely N-dealkylation sites (tertiary alicyclic amines) is 1. The van der Waals surface area contributed by atoms with Crippen molar-refractivity contribution in [3.05, 3.63) is 65.5 Å². The van der Waals surface area contributed by atoms with Crippen LogP contribution in [0.1, 0.15) is 18.7 Å². The molecule has 2 fully saturated rings. The van der Waals surface area contributed by atoms with Crippen LogP contribution in [0.2, 0.25) is 5.02 Å². The van der Waals surface area contributed by atoms with Gasteiger partial charge in [-0.2, -0.15) is 4.98 Å². The number of piperazine rings is 1. The Bertz CT molecular complexity index is 1060. The van der Waals surface area contributed by atoms with Gasteiger partial charge in [0.2, 0.25) is 17.6 Å². The summed E-state index contributed by atoms with van der Waals surface area (Å²) in [5, 5.41) is 4.77. The minimum atomic E-state index is 0.108. The molecule has 0 unspecified atom stereocenters. The van der Waals surface area contributed by atoms with Gasteiger partial charge in [0.25, 0.3) is 0 Å². The molecule has 0 saturated carbocycles. The van der Waals surface area contributed by atoms with Crippen LogP contribution < -0.4 is 4.90 Å². The van der Waals surface area contributed by atoms with Gasteiger partial charge in [0.1, 0.15) is 0 Å². The molecule has 0 spiro atoms. The summed E-state index contributed by atoms with van der Waals surface area (Å²) in [6.45, 7) is 5.70. The van der Waals surface area contributed by atoms with Crippen molar-refractivity contribution >= 4 is 23.2 Å². The molecule has 3 aromatic rings. The minimum Gasteiger partial charge on any atom is -0.368 e. The van der Waals surface area contributed by atoms with Crippen molar-refractivity contribution in [2.24, 2.45) is 5.92 Å². The highest BCUT2D eigenvalue weighted by Gasteiger charge is 2.31. The topological polar surface area (TPSA) is 65.7 Å². The number of rotatable bonds is 5. The smallest absolute Gasteiger partial charge is 0.241 e. The monoisotopic (exact) mass is 465 g/mol. The normalized spacial score (nSPS) is 18.0. The molecule has 1 aromatic heterocycles. The Morgan fingerprint density at radius 1 is 0.939 bits per heavy atom. The van der Waals surface area contributed by atoms with Crippen LogP contribution >= 0.6 is 11.6 Å². The number of aromatic nitrogens is 2. The zero-order valence-electron chi connectivity index (χ0n) is 18.6. The molecule has 2 aliphatic heterocycles. The van der Waals surface area contributed by atoms with E-state index in [2.05, 4.69) is 49.1 Å². The van der Waals surface area contributed by atoms with Crippen LogP contribution in [0.25, 0.3) is 11.4 Å². The average Bonchev–Trinajstić information content (AvgIpc) is 3.33. The maximum atomic E-state index is 13.1. The third-order valence-electron chi connectivity index (χ3n) is 6.58. The summed E-state index contributed by atoms with van der Waals surface area (Å²) in [4.78, 5) is 24.3. The SMILES string of the molecule is O=C(C1CCN(Cc2nc(-c3ccc(Cl)cc3)no2)CC1)N1CCN(c2ccccc2)CC1. The molecule has 0 N–H and O–H groups in total. The third kappa shape index (κ3) is 5.20. The molecule has 5 rings (SSSR count). The van der Waals surface area contributed by atoms with Crippen LogP contribution in [-0.2, 0) is 11.3 Å². The Balaban J connectivity index is 1.09. The van der Waals surface area contributed by atoms with Crippen molar-refractivity contribution < 1.29 is 9.32 Å². The summed E-state index contributed by atoms with van der Waals surface area (Å²) in [6, 6.07) is 17.8. The van der Waals surface area contributed by atoms with Gasteiger partial charge in [-0.25, -0.2) is 0 Å². The van der Waals surface area contributed by atoms with Gasteiger partial charge in [-0.15, -0.1) is 0 Å². The molecular formula is C25H28ClN5O2. The third-order valence-corrected chi connectivity index (χ3v) is 6.83. The standard InChI is InChI=1S/C25H28ClN5O2/c26-21-8-6-19(7-9-21)24-27-23(33-28-24)18-29-12-10-20(11-13-29)25(32)31-16-14-30(15-17-31)22-4-2-1-3-5-22/h1-9,20H,10-18H2. The van der Waals surface area contributed by atoms with E-state index in [4.69, 9.17) is 16.1 Å². The maximum absolute atomic E-state index is 13.1. The zero-order chi connectivity index (χ0) is 22.6. The minimum absolute atomic E-state index is 0.108. The van der Waals surface area contributed by atoms with Crippen LogP contribution in [0.15, 0.2) is 59.1 Å². The van der Waals surface area contributed by atoms with Gasteiger partial charge in [0.15, 0.2) is 0 Å². The van der Waals surface area contributed by atoms with Crippen molar-refractivity contribution in [3.63, 3.8) is 0 Å². The molecule has 0 aliphatic carbocycles. The molecule has 2 aliphatic rings. The van der Waals surface area contributed by atoms with E-state index in [0.29, 0.717) is 29.2 Å². The molecule has 8 heteroatoms. The Kier molecular flexibility index (Phi) is 6.60. The first-order valence-electron chi connectivity index (χ1n) is 11.6. The number of halogens is 1. The molecule has 33 heavy (non-hydrogen) atoms. The van der Waals surface area contributed by atoms with E-state index in [1.54, 1.807) is 0 Å². The number of hydrogen-bond acceptors (Lipinski definition) is 6. The van der Waals surface area contributed by atoms with E-state index < -0.39 is 0 Å². The summed E-state index contributed by atoms with van der Waals surface area (Å²) in [5.41, 5.74) is 2.12. The predicted molar refractivity (Wildman–Crippen MR) is 128 cm³/mol. The Labute approximate surface area is 198 Å². The number of carbonyl (C=O) groups is 1. The molecule has 2 saturated heterocycles. The van der Waals surface area contributed by atoms with Crippen molar-refractivity contribution in [3.8, 4) is 11.4 Å². The van der Waals surface area contributed by atoms with Gasteiger partial charge in [-0.05, 0) is 62.3 Å². The first-order chi connectivity index (χ1) is 16.2. The van der Waals surface area contributed by atoms with Gasteiger partial charge < -0.3 is 14.3 Å². The lowest BCUT2D eigenvalue weighted by Gasteiger charge is -2.39. The molecule has 7 nitrogen and oxygen atoms in total. The fraction of sp³-hybridized carbons (Fsp3) is 0.400. The van der Waals surface area contributed by atoms with Gasteiger partial charge in [0, 0.05) is 48.4 Å². The van der Waals surface area contributed by atoms with Crippen LogP contribution in [-0.4, -0.2) is 65.1 Å². The summed E-state index contributed by atoms with van der Waals surface area (Å²) >= 11 is 5.95. The highest BCUT2D eigenvalue weighted by molar-refractivity contribution is 6.30. The summed E-state index contributed by atoms with van der Waals surface area (Å²) in [7, 11) is 0. The predicted octanol–water partition coefficient (Wildman–Crippen LogP) is 3.95. The fourth-order valence-electron chi connectivity index (χ4n) is 4.65. The van der Waals surface area contributed by atoms with E-state index in [9.17, 15) is 4.79 Å². The van der Waals surface area contributed by atoms with Crippen LogP contribution in [0.4, 0.5) is 5.69 Å². The molecule has 2 aromatic carbocycles. The molecular weight excluding hydrogens is 438 g/mol. The lowest BCUT2D eigenvalue weighted by atomic mass is 9.95. The molecule has 0 bridgehead atoms. The lowest BCUT2D eigenvalue weighted by molar-refractivity contribution is -0.137. The zero-order valence-corrected chi connectivity index (χ0v) is 19.3. The Hall–Kier alpha value is -2.90. The number of hydrogen-bond donors (Lipinski definition) is 0. The summed E-state index contributed by atoms with van der Waals surface area (Å²) < 4.78 is 5.45. The quantitative estimate of drug-likeness (QED) is 0.568. The van der Waals surface area contributed by atoms with Gasteiger partial charge in [0.05, 0.1) is 6.54 Å². The maximum Gasteiger partial charge on any atom is 0.241 e. The molecule has 1 amide bonds. The second-order valence-electron chi connectivity index (χ2n) is 8.72. The van der Waals surface area contributed by atoms with E-state index in [1.807, 2.05) is 30.3 Å². The largest absolute Gasteiger partial charge is 0.368 e. The average molecular weight is 466 g/mol. The van der Waals surface area contributed by atoms with Gasteiger partial charge in [-0.3, -0.25) is 9.69 Å². The summed E-state index contributed by atoms with van der Waals surface area (Å²) in [5.74, 6) is 1.59. The van der Waals surface area contributed by atoms with Crippen LogP contribution in [0.5, 0.6) is 0 Å². The van der Waals surface area contributed by atoms with Crippen molar-refractivity contribution in [1.82, 2.24) is 19.9 Å². The number of carbonyl (C=O) groups excluding carboxylic acids is 1. The lowest BCUT2D eigenvalue weighted by Crippen LogP contribution is -2.51. The first kappa shape index (κ1) is 21.9.